The molecule has 3 aliphatic rings. The van der Waals surface area contributed by atoms with Gasteiger partial charge in [-0.2, -0.15) is 0 Å². The van der Waals surface area contributed by atoms with Crippen LogP contribution in [-0.4, -0.2) is 61.3 Å². The molecule has 9 nitrogen and oxygen atoms in total. The first kappa shape index (κ1) is 20.0. The largest absolute Gasteiger partial charge is 0.368 e. The lowest BCUT2D eigenvalue weighted by molar-refractivity contribution is 0.248. The van der Waals surface area contributed by atoms with Crippen LogP contribution in [0.2, 0.25) is 0 Å². The molecule has 4 aromatic rings. The summed E-state index contributed by atoms with van der Waals surface area (Å²) in [6.45, 7) is 4.37. The second kappa shape index (κ2) is 7.53. The minimum atomic E-state index is 0.0332. The van der Waals surface area contributed by atoms with Gasteiger partial charge in [-0.05, 0) is 55.9 Å². The Labute approximate surface area is 197 Å². The van der Waals surface area contributed by atoms with E-state index in [2.05, 4.69) is 31.2 Å². The Bertz CT molecular complexity index is 1460. The van der Waals surface area contributed by atoms with Crippen molar-refractivity contribution >= 4 is 33.9 Å². The van der Waals surface area contributed by atoms with Gasteiger partial charge in [0.1, 0.15) is 5.82 Å². The van der Waals surface area contributed by atoms with Gasteiger partial charge in [-0.25, -0.2) is 14.5 Å². The molecular weight excluding hydrogens is 428 g/mol. The van der Waals surface area contributed by atoms with Crippen molar-refractivity contribution in [2.24, 2.45) is 7.05 Å². The molecule has 0 unspecified atom stereocenters. The summed E-state index contributed by atoms with van der Waals surface area (Å²) in [6.07, 6.45) is 9.40. The minimum Gasteiger partial charge on any atom is -0.368 e. The fourth-order valence-corrected chi connectivity index (χ4v) is 5.68. The predicted octanol–water partition coefficient (Wildman–Crippen LogP) is 2.49. The van der Waals surface area contributed by atoms with Crippen LogP contribution < -0.4 is 15.8 Å². The molecule has 5 heterocycles. The molecule has 174 valence electrons. The van der Waals surface area contributed by atoms with E-state index in [0.29, 0.717) is 17.2 Å². The number of nitrogens with one attached hydrogen (secondary N) is 1. The molecule has 1 N–H and O–H groups in total. The van der Waals surface area contributed by atoms with Gasteiger partial charge in [0, 0.05) is 45.0 Å². The molecule has 0 amide bonds. The topological polar surface area (TPSA) is 83.6 Å². The lowest BCUT2D eigenvalue weighted by Gasteiger charge is -2.36. The Morgan fingerprint density at radius 3 is 2.65 bits per heavy atom. The van der Waals surface area contributed by atoms with Crippen LogP contribution in [0.3, 0.4) is 0 Å². The van der Waals surface area contributed by atoms with E-state index in [1.165, 1.54) is 18.4 Å². The van der Waals surface area contributed by atoms with Gasteiger partial charge in [0.05, 0.1) is 34.5 Å². The number of hydrogen-bond donors (Lipinski definition) is 1. The standard InChI is InChI=1S/C25H28N8O/c1-30-21-4-2-3-19(21)23-20(24(30)34)13-18-15-27-25(29-33(18)23)28-22-8-7-17(14-26-22)32-11-9-31(10-12-32)16-5-6-16/h7-8,13-16H,2-6,9-12H2,1H3,(H,26,28,29). The number of aryl methyl sites for hydroxylation is 1. The molecule has 0 atom stereocenters. The van der Waals surface area contributed by atoms with Gasteiger partial charge in [0.15, 0.2) is 0 Å². The highest BCUT2D eigenvalue weighted by Crippen LogP contribution is 2.30. The van der Waals surface area contributed by atoms with Crippen LogP contribution in [0.1, 0.15) is 30.5 Å². The SMILES string of the molecule is Cn1c2c(c3c(cc4cnc(Nc5ccc(N6CCN(C7CC7)CC6)cn5)nn43)c1=O)CCC2. The van der Waals surface area contributed by atoms with Crippen LogP contribution in [0.4, 0.5) is 17.5 Å². The highest BCUT2D eigenvalue weighted by molar-refractivity contribution is 5.89. The van der Waals surface area contributed by atoms with Crippen molar-refractivity contribution in [3.8, 4) is 0 Å². The van der Waals surface area contributed by atoms with E-state index in [0.717, 1.165) is 73.9 Å². The van der Waals surface area contributed by atoms with Gasteiger partial charge < -0.3 is 14.8 Å². The van der Waals surface area contributed by atoms with Crippen molar-refractivity contribution in [2.75, 3.05) is 36.4 Å². The Kier molecular flexibility index (Phi) is 4.42. The molecule has 0 radical (unpaired) electrons. The predicted molar refractivity (Wildman–Crippen MR) is 132 cm³/mol. The number of aromatic nitrogens is 5. The van der Waals surface area contributed by atoms with Crippen molar-refractivity contribution in [1.29, 1.82) is 0 Å². The molecule has 2 aliphatic carbocycles. The lowest BCUT2D eigenvalue weighted by atomic mass is 10.1. The summed E-state index contributed by atoms with van der Waals surface area (Å²) in [5, 5.41) is 8.69. The molecule has 0 aromatic carbocycles. The van der Waals surface area contributed by atoms with Gasteiger partial charge in [-0.1, -0.05) is 0 Å². The maximum atomic E-state index is 12.9. The molecule has 9 heteroatoms. The summed E-state index contributed by atoms with van der Waals surface area (Å²) in [7, 11) is 1.87. The average molecular weight is 457 g/mol. The summed E-state index contributed by atoms with van der Waals surface area (Å²) < 4.78 is 3.66. The van der Waals surface area contributed by atoms with E-state index >= 15 is 0 Å². The van der Waals surface area contributed by atoms with Crippen LogP contribution in [0.15, 0.2) is 35.4 Å². The second-order valence-corrected chi connectivity index (χ2v) is 9.75. The van der Waals surface area contributed by atoms with Crippen molar-refractivity contribution in [3.63, 3.8) is 0 Å². The first-order valence-electron chi connectivity index (χ1n) is 12.3. The maximum Gasteiger partial charge on any atom is 0.260 e. The van der Waals surface area contributed by atoms with Gasteiger partial charge >= 0.3 is 0 Å². The van der Waals surface area contributed by atoms with Crippen LogP contribution in [0.5, 0.6) is 0 Å². The van der Waals surface area contributed by atoms with E-state index in [4.69, 9.17) is 5.10 Å². The summed E-state index contributed by atoms with van der Waals surface area (Å²) in [5.41, 5.74) is 5.29. The number of fused-ring (bicyclic) bond motifs is 5. The van der Waals surface area contributed by atoms with Crippen LogP contribution >= 0.6 is 0 Å². The zero-order chi connectivity index (χ0) is 22.8. The molecule has 2 fully saturated rings. The van der Waals surface area contributed by atoms with Gasteiger partial charge in [-0.3, -0.25) is 9.69 Å². The third-order valence-electron chi connectivity index (χ3n) is 7.66. The fraction of sp³-hybridized carbons (Fsp3) is 0.440. The van der Waals surface area contributed by atoms with Crippen molar-refractivity contribution in [2.45, 2.75) is 38.1 Å². The Hall–Kier alpha value is -3.46. The average Bonchev–Trinajstić information content (AvgIpc) is 3.48. The second-order valence-electron chi connectivity index (χ2n) is 9.75. The molecule has 0 bridgehead atoms. The van der Waals surface area contributed by atoms with Gasteiger partial charge in [-0.15, -0.1) is 5.10 Å². The summed E-state index contributed by atoms with van der Waals surface area (Å²) in [5.74, 6) is 1.17. The molecule has 1 saturated heterocycles. The molecule has 7 rings (SSSR count). The van der Waals surface area contributed by atoms with Crippen molar-refractivity contribution < 1.29 is 0 Å². The monoisotopic (exact) mass is 456 g/mol. The number of pyridine rings is 2. The number of anilines is 3. The smallest absolute Gasteiger partial charge is 0.260 e. The van der Waals surface area contributed by atoms with E-state index in [1.54, 1.807) is 10.8 Å². The molecule has 1 saturated carbocycles. The number of piperazine rings is 1. The number of rotatable bonds is 4. The van der Waals surface area contributed by atoms with E-state index in [-0.39, 0.29) is 5.56 Å². The van der Waals surface area contributed by atoms with Crippen molar-refractivity contribution in [3.05, 3.63) is 52.2 Å². The van der Waals surface area contributed by atoms with Crippen molar-refractivity contribution in [1.82, 2.24) is 29.0 Å². The summed E-state index contributed by atoms with van der Waals surface area (Å²) >= 11 is 0. The highest BCUT2D eigenvalue weighted by Gasteiger charge is 2.31. The molecule has 34 heavy (non-hydrogen) atoms. The Balaban J connectivity index is 1.16. The van der Waals surface area contributed by atoms with Crippen LogP contribution in [0.25, 0.3) is 16.4 Å². The van der Waals surface area contributed by atoms with Gasteiger partial charge in [0.25, 0.3) is 5.56 Å². The highest BCUT2D eigenvalue weighted by atomic mass is 16.1. The zero-order valence-electron chi connectivity index (χ0n) is 19.4. The Morgan fingerprint density at radius 2 is 1.88 bits per heavy atom. The van der Waals surface area contributed by atoms with E-state index in [1.807, 2.05) is 29.9 Å². The fourth-order valence-electron chi connectivity index (χ4n) is 5.68. The quantitative estimate of drug-likeness (QED) is 0.505. The van der Waals surface area contributed by atoms with Crippen LogP contribution in [0, 0.1) is 0 Å². The molecule has 4 aromatic heterocycles. The third kappa shape index (κ3) is 3.18. The summed E-state index contributed by atoms with van der Waals surface area (Å²) in [4.78, 5) is 27.0. The molecule has 0 spiro atoms. The van der Waals surface area contributed by atoms with Gasteiger partial charge in [0.2, 0.25) is 5.95 Å². The van der Waals surface area contributed by atoms with E-state index < -0.39 is 0 Å². The number of hydrogen-bond acceptors (Lipinski definition) is 7. The first-order chi connectivity index (χ1) is 16.7. The maximum absolute atomic E-state index is 12.9. The normalized spacial score (nSPS) is 18.7. The minimum absolute atomic E-state index is 0.0332. The van der Waals surface area contributed by atoms with Crippen LogP contribution in [-0.2, 0) is 19.9 Å². The number of nitrogens with zero attached hydrogens (tertiary/aromatic N) is 7. The van der Waals surface area contributed by atoms with E-state index in [9.17, 15) is 4.79 Å². The first-order valence-corrected chi connectivity index (χ1v) is 12.3. The summed E-state index contributed by atoms with van der Waals surface area (Å²) in [6, 6.07) is 6.83. The Morgan fingerprint density at radius 1 is 1.03 bits per heavy atom. The lowest BCUT2D eigenvalue weighted by Crippen LogP contribution is -2.47. The molecule has 1 aliphatic heterocycles. The zero-order valence-corrected chi connectivity index (χ0v) is 19.4. The third-order valence-corrected chi connectivity index (χ3v) is 7.66. The molecular formula is C25H28N8O.